The van der Waals surface area contributed by atoms with Crippen LogP contribution in [0.3, 0.4) is 0 Å². The van der Waals surface area contributed by atoms with Crippen LogP contribution in [0.1, 0.15) is 5.76 Å². The lowest BCUT2D eigenvalue weighted by molar-refractivity contribution is -0.384. The third-order valence-electron chi connectivity index (χ3n) is 3.65. The molecule has 2 aromatic carbocycles. The van der Waals surface area contributed by atoms with Crippen molar-refractivity contribution in [1.29, 1.82) is 0 Å². The maximum atomic E-state index is 10.9. The molecule has 3 rings (SSSR count). The minimum Gasteiger partial charge on any atom is -0.497 e. The third-order valence-corrected chi connectivity index (χ3v) is 3.85. The number of hydrazone groups is 1. The summed E-state index contributed by atoms with van der Waals surface area (Å²) in [6, 6.07) is 17.0. The summed E-state index contributed by atoms with van der Waals surface area (Å²) in [4.78, 5) is 10.4. The largest absolute Gasteiger partial charge is 0.497 e. The van der Waals surface area contributed by atoms with Gasteiger partial charge in [0.15, 0.2) is 5.11 Å². The summed E-state index contributed by atoms with van der Waals surface area (Å²) in [5.74, 6) is 1.68. The van der Waals surface area contributed by atoms with E-state index in [0.717, 1.165) is 5.69 Å². The molecule has 0 saturated carbocycles. The molecule has 8 nitrogen and oxygen atoms in total. The molecule has 142 valence electrons. The number of nitro benzene ring substituents is 1. The number of benzene rings is 2. The van der Waals surface area contributed by atoms with E-state index in [1.54, 1.807) is 37.4 Å². The van der Waals surface area contributed by atoms with E-state index < -0.39 is 4.92 Å². The molecule has 0 unspecified atom stereocenters. The molecule has 3 aromatic rings. The third kappa shape index (κ3) is 4.92. The Hall–Kier alpha value is -3.72. The second-order valence-electron chi connectivity index (χ2n) is 5.57. The van der Waals surface area contributed by atoms with E-state index >= 15 is 0 Å². The highest BCUT2D eigenvalue weighted by atomic mass is 32.1. The van der Waals surface area contributed by atoms with Gasteiger partial charge in [0.25, 0.3) is 5.69 Å². The minimum atomic E-state index is -0.449. The van der Waals surface area contributed by atoms with Crippen LogP contribution < -0.4 is 15.5 Å². The fourth-order valence-electron chi connectivity index (χ4n) is 2.36. The van der Waals surface area contributed by atoms with Gasteiger partial charge in [0.05, 0.1) is 18.2 Å². The van der Waals surface area contributed by atoms with Gasteiger partial charge in [-0.25, -0.2) is 0 Å². The van der Waals surface area contributed by atoms with Crippen molar-refractivity contribution in [1.82, 2.24) is 5.43 Å². The summed E-state index contributed by atoms with van der Waals surface area (Å²) in [6.07, 6.45) is 1.46. The smallest absolute Gasteiger partial charge is 0.270 e. The number of methoxy groups -OCH3 is 1. The maximum Gasteiger partial charge on any atom is 0.270 e. The average molecular weight is 396 g/mol. The minimum absolute atomic E-state index is 0.000232. The first-order valence-electron chi connectivity index (χ1n) is 8.14. The van der Waals surface area contributed by atoms with E-state index in [4.69, 9.17) is 21.4 Å². The van der Waals surface area contributed by atoms with Crippen LogP contribution in [0.15, 0.2) is 70.2 Å². The molecule has 0 radical (unpaired) electrons. The first kappa shape index (κ1) is 19.1. The molecular weight excluding hydrogens is 380 g/mol. The highest BCUT2D eigenvalue weighted by molar-refractivity contribution is 7.80. The maximum absolute atomic E-state index is 10.9. The SMILES string of the molecule is COc1cccc(NC(=S)N/N=C/c2ccc(-c3cccc([N+](=O)[O-])c3)o2)c1. The van der Waals surface area contributed by atoms with Crippen LogP contribution in [0.4, 0.5) is 11.4 Å². The quantitative estimate of drug-likeness (QED) is 0.279. The Kier molecular flexibility index (Phi) is 5.97. The molecule has 0 fully saturated rings. The molecule has 0 aliphatic carbocycles. The van der Waals surface area contributed by atoms with Crippen molar-refractivity contribution >= 4 is 34.9 Å². The molecular formula is C19H16N4O4S. The molecule has 1 heterocycles. The Balaban J connectivity index is 1.60. The summed E-state index contributed by atoms with van der Waals surface area (Å²) < 4.78 is 10.8. The average Bonchev–Trinajstić information content (AvgIpc) is 3.17. The predicted molar refractivity (Wildman–Crippen MR) is 111 cm³/mol. The zero-order valence-corrected chi connectivity index (χ0v) is 15.6. The monoisotopic (exact) mass is 396 g/mol. The van der Waals surface area contributed by atoms with Gasteiger partial charge in [-0.3, -0.25) is 15.5 Å². The molecule has 28 heavy (non-hydrogen) atoms. The Bertz CT molecular complexity index is 1030. The van der Waals surface area contributed by atoms with Crippen LogP contribution in [0, 0.1) is 10.1 Å². The molecule has 2 N–H and O–H groups in total. The number of hydrogen-bond acceptors (Lipinski definition) is 6. The topological polar surface area (TPSA) is 102 Å². The lowest BCUT2D eigenvalue weighted by Crippen LogP contribution is -2.23. The number of furan rings is 1. The molecule has 0 aliphatic rings. The Labute approximate surface area is 166 Å². The van der Waals surface area contributed by atoms with Gasteiger partial charge < -0.3 is 14.5 Å². The Morgan fingerprint density at radius 3 is 2.82 bits per heavy atom. The number of hydrogen-bond donors (Lipinski definition) is 2. The number of anilines is 1. The normalized spacial score (nSPS) is 10.6. The van der Waals surface area contributed by atoms with E-state index in [0.29, 0.717) is 27.9 Å². The van der Waals surface area contributed by atoms with Gasteiger partial charge in [-0.1, -0.05) is 18.2 Å². The van der Waals surface area contributed by atoms with E-state index in [1.807, 2.05) is 18.2 Å². The zero-order valence-electron chi connectivity index (χ0n) is 14.8. The lowest BCUT2D eigenvalue weighted by Gasteiger charge is -2.08. The van der Waals surface area contributed by atoms with Crippen LogP contribution in [0.25, 0.3) is 11.3 Å². The van der Waals surface area contributed by atoms with Gasteiger partial charge in [-0.15, -0.1) is 0 Å². The molecule has 0 saturated heterocycles. The van der Waals surface area contributed by atoms with Crippen molar-refractivity contribution in [2.75, 3.05) is 12.4 Å². The number of nitrogens with one attached hydrogen (secondary N) is 2. The highest BCUT2D eigenvalue weighted by Crippen LogP contribution is 2.25. The van der Waals surface area contributed by atoms with E-state index in [1.165, 1.54) is 18.3 Å². The molecule has 1 aromatic heterocycles. The summed E-state index contributed by atoms with van der Waals surface area (Å²) in [5, 5.41) is 18.2. The number of rotatable bonds is 6. The second kappa shape index (κ2) is 8.78. The Morgan fingerprint density at radius 1 is 1.21 bits per heavy atom. The van der Waals surface area contributed by atoms with Crippen molar-refractivity contribution in [3.63, 3.8) is 0 Å². The van der Waals surface area contributed by atoms with Gasteiger partial charge in [-0.05, 0) is 36.5 Å². The molecule has 0 bridgehead atoms. The van der Waals surface area contributed by atoms with E-state index in [-0.39, 0.29) is 5.69 Å². The van der Waals surface area contributed by atoms with Crippen molar-refractivity contribution < 1.29 is 14.1 Å². The van der Waals surface area contributed by atoms with Crippen molar-refractivity contribution in [2.45, 2.75) is 0 Å². The van der Waals surface area contributed by atoms with Crippen LogP contribution in [0.2, 0.25) is 0 Å². The van der Waals surface area contributed by atoms with Gasteiger partial charge in [-0.2, -0.15) is 5.10 Å². The molecule has 9 heteroatoms. The van der Waals surface area contributed by atoms with Crippen LogP contribution in [-0.4, -0.2) is 23.4 Å². The summed E-state index contributed by atoms with van der Waals surface area (Å²) in [5.41, 5.74) is 4.06. The fraction of sp³-hybridized carbons (Fsp3) is 0.0526. The van der Waals surface area contributed by atoms with Crippen LogP contribution >= 0.6 is 12.2 Å². The summed E-state index contributed by atoms with van der Waals surface area (Å²) in [7, 11) is 1.59. The first-order chi connectivity index (χ1) is 13.5. The van der Waals surface area contributed by atoms with Gasteiger partial charge in [0.1, 0.15) is 17.3 Å². The first-order valence-corrected chi connectivity index (χ1v) is 8.55. The van der Waals surface area contributed by atoms with Crippen molar-refractivity contribution in [3.05, 3.63) is 76.5 Å². The molecule has 0 atom stereocenters. The lowest BCUT2D eigenvalue weighted by atomic mass is 10.1. The second-order valence-corrected chi connectivity index (χ2v) is 5.97. The van der Waals surface area contributed by atoms with Crippen LogP contribution in [0.5, 0.6) is 5.75 Å². The molecule has 0 amide bonds. The fourth-order valence-corrected chi connectivity index (χ4v) is 2.54. The predicted octanol–water partition coefficient (Wildman–Crippen LogP) is 4.18. The van der Waals surface area contributed by atoms with E-state index in [9.17, 15) is 10.1 Å². The summed E-state index contributed by atoms with van der Waals surface area (Å²) in [6.45, 7) is 0. The van der Waals surface area contributed by atoms with Crippen LogP contribution in [-0.2, 0) is 0 Å². The number of nitro groups is 1. The molecule has 0 aliphatic heterocycles. The number of ether oxygens (including phenoxy) is 1. The van der Waals surface area contributed by atoms with Gasteiger partial charge in [0, 0.05) is 29.4 Å². The number of nitrogens with zero attached hydrogens (tertiary/aromatic N) is 2. The molecule has 0 spiro atoms. The summed E-state index contributed by atoms with van der Waals surface area (Å²) >= 11 is 5.18. The standard InChI is InChI=1S/C19H16N4O4S/c1-26-16-7-3-5-14(11-16)21-19(28)22-20-12-17-8-9-18(27-17)13-4-2-6-15(10-13)23(24)25/h2-12H,1H3,(H2,21,22,28)/b20-12+. The van der Waals surface area contributed by atoms with E-state index in [2.05, 4.69) is 15.8 Å². The zero-order chi connectivity index (χ0) is 19.9. The van der Waals surface area contributed by atoms with Crippen molar-refractivity contribution in [3.8, 4) is 17.1 Å². The Morgan fingerprint density at radius 2 is 2.04 bits per heavy atom. The van der Waals surface area contributed by atoms with Gasteiger partial charge >= 0.3 is 0 Å². The number of thiocarbonyl (C=S) groups is 1. The number of non-ortho nitro benzene ring substituents is 1. The van der Waals surface area contributed by atoms with Crippen molar-refractivity contribution in [2.24, 2.45) is 5.10 Å². The highest BCUT2D eigenvalue weighted by Gasteiger charge is 2.09. The van der Waals surface area contributed by atoms with Gasteiger partial charge in [0.2, 0.25) is 0 Å².